The van der Waals surface area contributed by atoms with E-state index in [1.165, 1.54) is 29.8 Å². The Kier molecular flexibility index (Phi) is 6.51. The molecule has 0 spiro atoms. The van der Waals surface area contributed by atoms with Gasteiger partial charge in [-0.3, -0.25) is 4.79 Å². The number of carbonyl (C=O) groups excluding carboxylic acids is 1. The first-order valence-corrected chi connectivity index (χ1v) is 9.27. The maximum absolute atomic E-state index is 12.6. The molecule has 1 heterocycles. The molecular weight excluding hydrogens is 397 g/mol. The first kappa shape index (κ1) is 21.5. The van der Waals surface area contributed by atoms with Crippen molar-refractivity contribution in [3.8, 4) is 11.4 Å². The van der Waals surface area contributed by atoms with Gasteiger partial charge in [0.25, 0.3) is 5.91 Å². The summed E-state index contributed by atoms with van der Waals surface area (Å²) in [6, 6.07) is 15.9. The van der Waals surface area contributed by atoms with Crippen LogP contribution in [-0.2, 0) is 12.7 Å². The standard InChI is InChI=1S/C21H21F3N4O2/c1-14(12-28(2)13-15-6-4-3-5-7-15)25-19(29)17-10-8-16(9-11-17)18-26-20(30-27-18)21(22,23)24/h3-11,14H,12-13H2,1-2H3,(H,25,29)/t14-/m1/s1. The highest BCUT2D eigenvalue weighted by atomic mass is 19.4. The van der Waals surface area contributed by atoms with Crippen molar-refractivity contribution in [1.29, 1.82) is 0 Å². The molecular formula is C21H21F3N4O2. The molecule has 0 bridgehead atoms. The minimum atomic E-state index is -4.70. The number of halogens is 3. The van der Waals surface area contributed by atoms with Crippen molar-refractivity contribution in [2.24, 2.45) is 0 Å². The third-order valence-corrected chi connectivity index (χ3v) is 4.33. The number of hydrogen-bond donors (Lipinski definition) is 1. The van der Waals surface area contributed by atoms with Crippen LogP contribution in [0.1, 0.15) is 28.7 Å². The van der Waals surface area contributed by atoms with Crippen LogP contribution in [0, 0.1) is 0 Å². The third kappa shape index (κ3) is 5.66. The van der Waals surface area contributed by atoms with Gasteiger partial charge in [0, 0.05) is 30.3 Å². The van der Waals surface area contributed by atoms with Crippen molar-refractivity contribution in [1.82, 2.24) is 20.4 Å². The lowest BCUT2D eigenvalue weighted by Gasteiger charge is -2.22. The van der Waals surface area contributed by atoms with Gasteiger partial charge in [0.15, 0.2) is 0 Å². The van der Waals surface area contributed by atoms with Crippen LogP contribution in [0.15, 0.2) is 59.1 Å². The molecule has 0 aliphatic heterocycles. The van der Waals surface area contributed by atoms with Gasteiger partial charge in [-0.25, -0.2) is 0 Å². The van der Waals surface area contributed by atoms with E-state index in [9.17, 15) is 18.0 Å². The SMILES string of the molecule is C[C@H](CN(C)Cc1ccccc1)NC(=O)c1ccc(-c2noc(C(F)(F)F)n2)cc1. The van der Waals surface area contributed by atoms with Crippen LogP contribution in [-0.4, -0.2) is 40.6 Å². The predicted molar refractivity (Wildman–Crippen MR) is 104 cm³/mol. The largest absolute Gasteiger partial charge is 0.471 e. The van der Waals surface area contributed by atoms with E-state index in [1.807, 2.05) is 44.3 Å². The molecule has 1 aromatic heterocycles. The van der Waals surface area contributed by atoms with Crippen LogP contribution in [0.3, 0.4) is 0 Å². The first-order chi connectivity index (χ1) is 14.2. The van der Waals surface area contributed by atoms with E-state index in [1.54, 1.807) is 0 Å². The zero-order chi connectivity index (χ0) is 21.7. The maximum Gasteiger partial charge on any atom is 0.471 e. The Labute approximate surface area is 171 Å². The number of nitrogens with one attached hydrogen (secondary N) is 1. The summed E-state index contributed by atoms with van der Waals surface area (Å²) in [6.07, 6.45) is -4.70. The number of alkyl halides is 3. The lowest BCUT2D eigenvalue weighted by molar-refractivity contribution is -0.159. The van der Waals surface area contributed by atoms with Crippen molar-refractivity contribution >= 4 is 5.91 Å². The average molecular weight is 418 g/mol. The van der Waals surface area contributed by atoms with Gasteiger partial charge in [-0.15, -0.1) is 0 Å². The van der Waals surface area contributed by atoms with E-state index < -0.39 is 12.1 Å². The second kappa shape index (κ2) is 9.08. The fraction of sp³-hybridized carbons (Fsp3) is 0.286. The highest BCUT2D eigenvalue weighted by molar-refractivity contribution is 5.94. The molecule has 6 nitrogen and oxygen atoms in total. The third-order valence-electron chi connectivity index (χ3n) is 4.33. The predicted octanol–water partition coefficient (Wildman–Crippen LogP) is 4.01. The molecule has 1 N–H and O–H groups in total. The van der Waals surface area contributed by atoms with Gasteiger partial charge in [-0.1, -0.05) is 47.6 Å². The van der Waals surface area contributed by atoms with Gasteiger partial charge in [0.05, 0.1) is 0 Å². The van der Waals surface area contributed by atoms with E-state index in [2.05, 4.69) is 24.9 Å². The number of aromatic nitrogens is 2. The smallest absolute Gasteiger partial charge is 0.348 e. The Balaban J connectivity index is 1.55. The van der Waals surface area contributed by atoms with Crippen molar-refractivity contribution < 1.29 is 22.5 Å². The van der Waals surface area contributed by atoms with Crippen molar-refractivity contribution in [3.05, 3.63) is 71.6 Å². The number of amides is 1. The molecule has 0 unspecified atom stereocenters. The molecule has 3 aromatic rings. The molecule has 9 heteroatoms. The topological polar surface area (TPSA) is 71.3 Å². The average Bonchev–Trinajstić information content (AvgIpc) is 3.19. The van der Waals surface area contributed by atoms with Crippen LogP contribution >= 0.6 is 0 Å². The number of hydrogen-bond acceptors (Lipinski definition) is 5. The normalized spacial score (nSPS) is 12.7. The lowest BCUT2D eigenvalue weighted by Crippen LogP contribution is -2.40. The molecule has 158 valence electrons. The van der Waals surface area contributed by atoms with Gasteiger partial charge in [0.2, 0.25) is 5.82 Å². The summed E-state index contributed by atoms with van der Waals surface area (Å²) in [5.41, 5.74) is 1.89. The van der Waals surface area contributed by atoms with Crippen molar-refractivity contribution in [2.45, 2.75) is 25.7 Å². The first-order valence-electron chi connectivity index (χ1n) is 9.27. The van der Waals surface area contributed by atoms with Gasteiger partial charge < -0.3 is 14.7 Å². The molecule has 1 amide bonds. The molecule has 0 saturated heterocycles. The Bertz CT molecular complexity index is 972. The van der Waals surface area contributed by atoms with Crippen molar-refractivity contribution in [3.63, 3.8) is 0 Å². The van der Waals surface area contributed by atoms with E-state index in [-0.39, 0.29) is 17.8 Å². The number of benzene rings is 2. The molecule has 0 aliphatic carbocycles. The Morgan fingerprint density at radius 2 is 1.80 bits per heavy atom. The maximum atomic E-state index is 12.6. The van der Waals surface area contributed by atoms with Crippen LogP contribution in [0.4, 0.5) is 13.2 Å². The van der Waals surface area contributed by atoms with E-state index in [4.69, 9.17) is 0 Å². The number of likely N-dealkylation sites (N-methyl/N-ethyl adjacent to an activating group) is 1. The summed E-state index contributed by atoms with van der Waals surface area (Å²) in [5, 5.41) is 6.25. The van der Waals surface area contributed by atoms with Crippen LogP contribution < -0.4 is 5.32 Å². The highest BCUT2D eigenvalue weighted by Gasteiger charge is 2.38. The van der Waals surface area contributed by atoms with Crippen molar-refractivity contribution in [2.75, 3.05) is 13.6 Å². The lowest BCUT2D eigenvalue weighted by atomic mass is 10.1. The van der Waals surface area contributed by atoms with Gasteiger partial charge in [-0.2, -0.15) is 18.2 Å². The second-order valence-corrected chi connectivity index (χ2v) is 7.06. The summed E-state index contributed by atoms with van der Waals surface area (Å²) in [4.78, 5) is 17.9. The van der Waals surface area contributed by atoms with Crippen LogP contribution in [0.5, 0.6) is 0 Å². The van der Waals surface area contributed by atoms with E-state index in [0.717, 1.165) is 6.54 Å². The van der Waals surface area contributed by atoms with Gasteiger partial charge in [-0.05, 0) is 31.7 Å². The number of carbonyl (C=O) groups is 1. The fourth-order valence-corrected chi connectivity index (χ4v) is 3.01. The molecule has 0 fully saturated rings. The number of rotatable bonds is 7. The molecule has 0 saturated carbocycles. The summed E-state index contributed by atoms with van der Waals surface area (Å²) < 4.78 is 41.9. The molecule has 1 atom stereocenters. The Morgan fingerprint density at radius 1 is 1.13 bits per heavy atom. The summed E-state index contributed by atoms with van der Waals surface area (Å²) in [6.45, 7) is 3.33. The van der Waals surface area contributed by atoms with E-state index in [0.29, 0.717) is 17.7 Å². The summed E-state index contributed by atoms with van der Waals surface area (Å²) in [5.74, 6) is -1.87. The molecule has 0 radical (unpaired) electrons. The van der Waals surface area contributed by atoms with Gasteiger partial charge in [0.1, 0.15) is 0 Å². The highest BCUT2D eigenvalue weighted by Crippen LogP contribution is 2.29. The molecule has 30 heavy (non-hydrogen) atoms. The van der Waals surface area contributed by atoms with Crippen LogP contribution in [0.2, 0.25) is 0 Å². The quantitative estimate of drug-likeness (QED) is 0.628. The Hall–Kier alpha value is -3.20. The molecule has 3 rings (SSSR count). The minimum absolute atomic E-state index is 0.0996. The molecule has 0 aliphatic rings. The summed E-state index contributed by atoms with van der Waals surface area (Å²) >= 11 is 0. The monoisotopic (exact) mass is 418 g/mol. The zero-order valence-electron chi connectivity index (χ0n) is 16.5. The fourth-order valence-electron chi connectivity index (χ4n) is 3.01. The van der Waals surface area contributed by atoms with Gasteiger partial charge >= 0.3 is 12.1 Å². The minimum Gasteiger partial charge on any atom is -0.348 e. The van der Waals surface area contributed by atoms with Crippen LogP contribution in [0.25, 0.3) is 11.4 Å². The second-order valence-electron chi connectivity index (χ2n) is 7.06. The summed E-state index contributed by atoms with van der Waals surface area (Å²) in [7, 11) is 1.98. The number of nitrogens with zero attached hydrogens (tertiary/aromatic N) is 3. The van der Waals surface area contributed by atoms with E-state index >= 15 is 0 Å². The Morgan fingerprint density at radius 3 is 2.40 bits per heavy atom. The zero-order valence-corrected chi connectivity index (χ0v) is 16.5. The molecule has 2 aromatic carbocycles.